The Morgan fingerprint density at radius 1 is 1.19 bits per heavy atom. The molecule has 7 nitrogen and oxygen atoms in total. The Morgan fingerprint density at radius 3 is 2.74 bits per heavy atom. The Labute approximate surface area is 177 Å². The Hall–Kier alpha value is -3.94. The molecule has 158 valence electrons. The molecule has 4 rings (SSSR count). The molecule has 0 saturated carbocycles. The fourth-order valence-electron chi connectivity index (χ4n) is 3.20. The summed E-state index contributed by atoms with van der Waals surface area (Å²) in [5.74, 6) is -0.0339. The van der Waals surface area contributed by atoms with Gasteiger partial charge in [0.05, 0.1) is 11.6 Å². The zero-order valence-corrected chi connectivity index (χ0v) is 17.1. The van der Waals surface area contributed by atoms with Crippen LogP contribution in [0.5, 0.6) is 5.75 Å². The second-order valence-electron chi connectivity index (χ2n) is 7.30. The number of rotatable bonds is 6. The molecule has 0 saturated heterocycles. The van der Waals surface area contributed by atoms with E-state index < -0.39 is 0 Å². The van der Waals surface area contributed by atoms with Crippen LogP contribution in [0.2, 0.25) is 0 Å². The third kappa shape index (κ3) is 4.48. The van der Waals surface area contributed by atoms with Gasteiger partial charge in [-0.2, -0.15) is 0 Å². The van der Waals surface area contributed by atoms with E-state index in [9.17, 15) is 14.0 Å². The molecule has 0 aliphatic carbocycles. The molecule has 0 bridgehead atoms. The van der Waals surface area contributed by atoms with E-state index in [0.717, 1.165) is 11.1 Å². The van der Waals surface area contributed by atoms with Crippen molar-refractivity contribution in [2.75, 3.05) is 6.61 Å². The van der Waals surface area contributed by atoms with Gasteiger partial charge in [-0.3, -0.25) is 14.3 Å². The molecule has 0 radical (unpaired) electrons. The first-order chi connectivity index (χ1) is 14.9. The molecule has 2 N–H and O–H groups in total. The van der Waals surface area contributed by atoms with E-state index in [0.29, 0.717) is 22.5 Å². The summed E-state index contributed by atoms with van der Waals surface area (Å²) in [5.41, 5.74) is 3.07. The van der Waals surface area contributed by atoms with Gasteiger partial charge in [-0.1, -0.05) is 12.1 Å². The summed E-state index contributed by atoms with van der Waals surface area (Å²) in [5, 5.41) is 2.89. The van der Waals surface area contributed by atoms with Crippen LogP contribution in [-0.4, -0.2) is 33.1 Å². The lowest BCUT2D eigenvalue weighted by Gasteiger charge is -2.15. The molecule has 2 heterocycles. The van der Waals surface area contributed by atoms with Crippen molar-refractivity contribution in [1.29, 1.82) is 0 Å². The Balaban J connectivity index is 1.46. The number of hydrogen-bond acceptors (Lipinski definition) is 4. The third-order valence-electron chi connectivity index (χ3n) is 4.91. The van der Waals surface area contributed by atoms with Gasteiger partial charge in [-0.25, -0.2) is 14.2 Å². The van der Waals surface area contributed by atoms with Crippen molar-refractivity contribution in [2.24, 2.45) is 7.05 Å². The Morgan fingerprint density at radius 2 is 1.97 bits per heavy atom. The smallest absolute Gasteiger partial charge is 0.327 e. The van der Waals surface area contributed by atoms with E-state index in [1.165, 1.54) is 16.7 Å². The van der Waals surface area contributed by atoms with E-state index in [1.807, 2.05) is 19.1 Å². The minimum atomic E-state index is -0.332. The van der Waals surface area contributed by atoms with E-state index in [1.54, 1.807) is 43.6 Å². The van der Waals surface area contributed by atoms with Crippen LogP contribution in [0.1, 0.15) is 17.3 Å². The number of ether oxygens (including phenoxy) is 1. The number of hydrogen-bond donors (Lipinski definition) is 2. The highest BCUT2D eigenvalue weighted by Crippen LogP contribution is 2.22. The number of imidazole rings is 1. The van der Waals surface area contributed by atoms with Crippen molar-refractivity contribution < 1.29 is 13.9 Å². The van der Waals surface area contributed by atoms with Gasteiger partial charge in [0.25, 0.3) is 5.91 Å². The summed E-state index contributed by atoms with van der Waals surface area (Å²) in [6.07, 6.45) is 1.66. The van der Waals surface area contributed by atoms with Crippen molar-refractivity contribution in [1.82, 2.24) is 19.9 Å². The summed E-state index contributed by atoms with van der Waals surface area (Å²) in [6, 6.07) is 14.5. The normalized spacial score (nSPS) is 12.0. The molecule has 0 unspecified atom stereocenters. The zero-order valence-electron chi connectivity index (χ0n) is 17.1. The second-order valence-corrected chi connectivity index (χ2v) is 7.30. The average molecular weight is 420 g/mol. The van der Waals surface area contributed by atoms with Gasteiger partial charge in [-0.05, 0) is 55.0 Å². The number of carbonyl (C=O) groups is 1. The van der Waals surface area contributed by atoms with Crippen LogP contribution in [0, 0.1) is 5.82 Å². The van der Waals surface area contributed by atoms with E-state index in [4.69, 9.17) is 4.74 Å². The van der Waals surface area contributed by atoms with Crippen LogP contribution in [0.3, 0.4) is 0 Å². The first-order valence-electron chi connectivity index (χ1n) is 9.75. The van der Waals surface area contributed by atoms with Crippen molar-refractivity contribution in [3.8, 4) is 16.9 Å². The van der Waals surface area contributed by atoms with Crippen molar-refractivity contribution in [2.45, 2.75) is 13.0 Å². The summed E-state index contributed by atoms with van der Waals surface area (Å²) in [6.45, 7) is 2.08. The van der Waals surface area contributed by atoms with E-state index in [2.05, 4.69) is 15.3 Å². The number of H-pyrrole nitrogens is 1. The van der Waals surface area contributed by atoms with Crippen LogP contribution < -0.4 is 15.7 Å². The number of pyridine rings is 1. The molecular formula is C23H21FN4O3. The third-order valence-corrected chi connectivity index (χ3v) is 4.91. The number of aromatic amines is 1. The number of nitrogens with zero attached hydrogens (tertiary/aromatic N) is 2. The molecule has 4 aromatic rings. The summed E-state index contributed by atoms with van der Waals surface area (Å²) >= 11 is 0. The number of carbonyl (C=O) groups excluding carboxylic acids is 1. The highest BCUT2D eigenvalue weighted by atomic mass is 19.1. The van der Waals surface area contributed by atoms with Gasteiger partial charge in [0.15, 0.2) is 5.65 Å². The topological polar surface area (TPSA) is 89.0 Å². The van der Waals surface area contributed by atoms with Gasteiger partial charge in [-0.15, -0.1) is 0 Å². The Bertz CT molecular complexity index is 1290. The van der Waals surface area contributed by atoms with Crippen LogP contribution in [-0.2, 0) is 7.05 Å². The maximum atomic E-state index is 13.0. The van der Waals surface area contributed by atoms with E-state index in [-0.39, 0.29) is 30.1 Å². The number of amides is 1. The number of benzene rings is 2. The quantitative estimate of drug-likeness (QED) is 0.501. The molecule has 0 fully saturated rings. The molecule has 0 spiro atoms. The maximum absolute atomic E-state index is 13.0. The lowest BCUT2D eigenvalue weighted by atomic mass is 10.0. The number of halogens is 1. The molecule has 1 atom stereocenters. The van der Waals surface area contributed by atoms with Gasteiger partial charge in [0.2, 0.25) is 0 Å². The maximum Gasteiger partial charge on any atom is 0.327 e. The second kappa shape index (κ2) is 8.43. The summed E-state index contributed by atoms with van der Waals surface area (Å²) in [4.78, 5) is 31.4. The van der Waals surface area contributed by atoms with Crippen molar-refractivity contribution in [3.05, 3.63) is 82.7 Å². The first kappa shape index (κ1) is 20.3. The average Bonchev–Trinajstić information content (AvgIpc) is 3.06. The standard InChI is InChI=1S/C23H21FN4O3/c1-14(13-31-19-8-6-18(24)7-9-19)26-22(29)16-5-3-4-15(10-16)17-11-20-21(25-12-17)27-23(30)28(20)2/h3-12,14H,13H2,1-2H3,(H,26,29)(H,25,27,30)/t14-/m1/s1. The van der Waals surface area contributed by atoms with Gasteiger partial charge in [0, 0.05) is 24.4 Å². The largest absolute Gasteiger partial charge is 0.491 e. The summed E-state index contributed by atoms with van der Waals surface area (Å²) in [7, 11) is 1.67. The molecule has 0 aliphatic heterocycles. The highest BCUT2D eigenvalue weighted by molar-refractivity contribution is 5.95. The van der Waals surface area contributed by atoms with Crippen molar-refractivity contribution >= 4 is 17.1 Å². The minimum Gasteiger partial charge on any atom is -0.491 e. The minimum absolute atomic E-state index is 0.232. The van der Waals surface area contributed by atoms with Crippen LogP contribution in [0.15, 0.2) is 65.6 Å². The number of aromatic nitrogens is 3. The number of nitrogens with one attached hydrogen (secondary N) is 2. The molecule has 0 aliphatic rings. The number of aryl methyl sites for hydroxylation is 1. The first-order valence-corrected chi connectivity index (χ1v) is 9.75. The van der Waals surface area contributed by atoms with Crippen LogP contribution >= 0.6 is 0 Å². The van der Waals surface area contributed by atoms with E-state index >= 15 is 0 Å². The SMILES string of the molecule is C[C@H](COc1ccc(F)cc1)NC(=O)c1cccc(-c2cnc3[nH]c(=O)n(C)c3c2)c1. The zero-order chi connectivity index (χ0) is 22.0. The fourth-order valence-corrected chi connectivity index (χ4v) is 3.20. The monoisotopic (exact) mass is 420 g/mol. The molecule has 2 aromatic heterocycles. The fraction of sp³-hybridized carbons (Fsp3) is 0.174. The van der Waals surface area contributed by atoms with Crippen LogP contribution in [0.25, 0.3) is 22.3 Å². The predicted molar refractivity (Wildman–Crippen MR) is 116 cm³/mol. The Kier molecular flexibility index (Phi) is 5.53. The van der Waals surface area contributed by atoms with Crippen molar-refractivity contribution in [3.63, 3.8) is 0 Å². The van der Waals surface area contributed by atoms with Gasteiger partial charge >= 0.3 is 5.69 Å². The lowest BCUT2D eigenvalue weighted by molar-refractivity contribution is 0.0926. The molecule has 8 heteroatoms. The molecule has 2 aromatic carbocycles. The molecule has 1 amide bonds. The predicted octanol–water partition coefficient (Wildman–Crippen LogP) is 3.27. The lowest BCUT2D eigenvalue weighted by Crippen LogP contribution is -2.36. The van der Waals surface area contributed by atoms with Gasteiger partial charge < -0.3 is 10.1 Å². The molecule has 31 heavy (non-hydrogen) atoms. The van der Waals surface area contributed by atoms with Gasteiger partial charge in [0.1, 0.15) is 18.2 Å². The van der Waals surface area contributed by atoms with Crippen LogP contribution in [0.4, 0.5) is 4.39 Å². The summed E-state index contributed by atoms with van der Waals surface area (Å²) < 4.78 is 20.0. The number of fused-ring (bicyclic) bond motifs is 1. The highest BCUT2D eigenvalue weighted by Gasteiger charge is 2.13. The molecular weight excluding hydrogens is 399 g/mol.